The van der Waals surface area contributed by atoms with E-state index in [9.17, 15) is 9.59 Å². The SMILES string of the molecule is CCCN1C(=O)c2ccccc2C[C@]1(C)C(=O)NCc1ccc(OC)cc1. The van der Waals surface area contributed by atoms with Gasteiger partial charge in [-0.3, -0.25) is 9.59 Å². The predicted molar refractivity (Wildman–Crippen MR) is 105 cm³/mol. The molecule has 1 aliphatic heterocycles. The molecule has 5 heteroatoms. The van der Waals surface area contributed by atoms with Crippen LogP contribution in [0.4, 0.5) is 0 Å². The first-order valence-corrected chi connectivity index (χ1v) is 9.30. The normalized spacial score (nSPS) is 18.8. The number of benzene rings is 2. The van der Waals surface area contributed by atoms with Crippen molar-refractivity contribution >= 4 is 11.8 Å². The minimum Gasteiger partial charge on any atom is -0.497 e. The quantitative estimate of drug-likeness (QED) is 0.854. The van der Waals surface area contributed by atoms with Gasteiger partial charge in [-0.25, -0.2) is 0 Å². The number of methoxy groups -OCH3 is 1. The second-order valence-electron chi connectivity index (χ2n) is 7.10. The second kappa shape index (κ2) is 7.82. The zero-order valence-electron chi connectivity index (χ0n) is 16.1. The first-order valence-electron chi connectivity index (χ1n) is 9.30. The Bertz CT molecular complexity index is 832. The second-order valence-corrected chi connectivity index (χ2v) is 7.10. The summed E-state index contributed by atoms with van der Waals surface area (Å²) in [6, 6.07) is 15.1. The van der Waals surface area contributed by atoms with Crippen LogP contribution in [0.1, 0.15) is 41.8 Å². The summed E-state index contributed by atoms with van der Waals surface area (Å²) in [5.74, 6) is 0.580. The highest BCUT2D eigenvalue weighted by Crippen LogP contribution is 2.31. The molecule has 0 unspecified atom stereocenters. The van der Waals surface area contributed by atoms with Crippen molar-refractivity contribution in [2.24, 2.45) is 0 Å². The lowest BCUT2D eigenvalue weighted by molar-refractivity contribution is -0.131. The van der Waals surface area contributed by atoms with Crippen LogP contribution >= 0.6 is 0 Å². The first kappa shape index (κ1) is 19.0. The van der Waals surface area contributed by atoms with Gasteiger partial charge < -0.3 is 15.0 Å². The van der Waals surface area contributed by atoms with Crippen LogP contribution in [0.2, 0.25) is 0 Å². The van der Waals surface area contributed by atoms with Crippen LogP contribution in [0, 0.1) is 0 Å². The summed E-state index contributed by atoms with van der Waals surface area (Å²) in [5, 5.41) is 3.01. The van der Waals surface area contributed by atoms with Crippen molar-refractivity contribution in [3.63, 3.8) is 0 Å². The van der Waals surface area contributed by atoms with E-state index in [0.29, 0.717) is 25.1 Å². The Hall–Kier alpha value is -2.82. The Morgan fingerprint density at radius 2 is 1.89 bits per heavy atom. The number of ether oxygens (including phenoxy) is 1. The number of carbonyl (C=O) groups is 2. The van der Waals surface area contributed by atoms with E-state index in [1.807, 2.05) is 62.4 Å². The third-order valence-electron chi connectivity index (χ3n) is 5.17. The average Bonchev–Trinajstić information content (AvgIpc) is 2.69. The van der Waals surface area contributed by atoms with Crippen molar-refractivity contribution in [2.75, 3.05) is 13.7 Å². The maximum absolute atomic E-state index is 13.1. The van der Waals surface area contributed by atoms with Gasteiger partial charge in [0, 0.05) is 25.1 Å². The zero-order valence-corrected chi connectivity index (χ0v) is 16.1. The van der Waals surface area contributed by atoms with Crippen LogP contribution in [-0.2, 0) is 17.8 Å². The molecule has 5 nitrogen and oxygen atoms in total. The van der Waals surface area contributed by atoms with Gasteiger partial charge in [0.05, 0.1) is 7.11 Å². The fourth-order valence-electron chi connectivity index (χ4n) is 3.61. The zero-order chi connectivity index (χ0) is 19.4. The van der Waals surface area contributed by atoms with E-state index in [1.165, 1.54) is 0 Å². The van der Waals surface area contributed by atoms with Gasteiger partial charge in [-0.1, -0.05) is 37.3 Å². The number of nitrogens with one attached hydrogen (secondary N) is 1. The molecule has 27 heavy (non-hydrogen) atoms. The Labute approximate surface area is 160 Å². The fraction of sp³-hybridized carbons (Fsp3) is 0.364. The fourth-order valence-corrected chi connectivity index (χ4v) is 3.61. The lowest BCUT2D eigenvalue weighted by Gasteiger charge is -2.44. The van der Waals surface area contributed by atoms with Gasteiger partial charge in [-0.2, -0.15) is 0 Å². The number of fused-ring (bicyclic) bond motifs is 1. The van der Waals surface area contributed by atoms with E-state index in [2.05, 4.69) is 5.32 Å². The molecule has 2 aromatic carbocycles. The van der Waals surface area contributed by atoms with Gasteiger partial charge in [-0.15, -0.1) is 0 Å². The standard InChI is InChI=1S/C22H26N2O3/c1-4-13-24-20(25)19-8-6-5-7-17(19)14-22(24,2)21(26)23-15-16-9-11-18(27-3)12-10-16/h5-12H,4,13-15H2,1-3H3,(H,23,26)/t22-/m1/s1. The molecule has 1 heterocycles. The van der Waals surface area contributed by atoms with Gasteiger partial charge in [0.2, 0.25) is 5.91 Å². The molecule has 1 N–H and O–H groups in total. The van der Waals surface area contributed by atoms with Crippen molar-refractivity contribution in [2.45, 2.75) is 38.8 Å². The predicted octanol–water partition coefficient (Wildman–Crippen LogP) is 3.18. The Balaban J connectivity index is 1.80. The maximum atomic E-state index is 13.1. The van der Waals surface area contributed by atoms with Gasteiger partial charge in [-0.05, 0) is 42.7 Å². The van der Waals surface area contributed by atoms with E-state index in [-0.39, 0.29) is 11.8 Å². The monoisotopic (exact) mass is 366 g/mol. The van der Waals surface area contributed by atoms with Crippen LogP contribution < -0.4 is 10.1 Å². The molecule has 0 spiro atoms. The lowest BCUT2D eigenvalue weighted by Crippen LogP contribution is -2.62. The number of hydrogen-bond acceptors (Lipinski definition) is 3. The molecular weight excluding hydrogens is 340 g/mol. The third kappa shape index (κ3) is 3.68. The molecule has 2 aromatic rings. The molecule has 0 bridgehead atoms. The largest absolute Gasteiger partial charge is 0.497 e. The van der Waals surface area contributed by atoms with E-state index in [1.54, 1.807) is 12.0 Å². The summed E-state index contributed by atoms with van der Waals surface area (Å²) in [6.45, 7) is 4.84. The lowest BCUT2D eigenvalue weighted by atomic mass is 9.82. The molecule has 0 radical (unpaired) electrons. The highest BCUT2D eigenvalue weighted by molar-refractivity contribution is 6.02. The molecule has 1 atom stereocenters. The van der Waals surface area contributed by atoms with Crippen molar-refractivity contribution < 1.29 is 14.3 Å². The highest BCUT2D eigenvalue weighted by Gasteiger charge is 2.46. The molecule has 0 saturated heterocycles. The number of carbonyl (C=O) groups excluding carboxylic acids is 2. The Morgan fingerprint density at radius 1 is 1.19 bits per heavy atom. The summed E-state index contributed by atoms with van der Waals surface area (Å²) >= 11 is 0. The Morgan fingerprint density at radius 3 is 2.56 bits per heavy atom. The maximum Gasteiger partial charge on any atom is 0.255 e. The van der Waals surface area contributed by atoms with Gasteiger partial charge in [0.1, 0.15) is 11.3 Å². The molecule has 2 amide bonds. The Kier molecular flexibility index (Phi) is 5.49. The number of amides is 2. The van der Waals surface area contributed by atoms with E-state index >= 15 is 0 Å². The number of rotatable bonds is 6. The molecule has 0 saturated carbocycles. The van der Waals surface area contributed by atoms with E-state index in [0.717, 1.165) is 23.3 Å². The van der Waals surface area contributed by atoms with E-state index < -0.39 is 5.54 Å². The molecular formula is C22H26N2O3. The van der Waals surface area contributed by atoms with Crippen molar-refractivity contribution in [3.8, 4) is 5.75 Å². The van der Waals surface area contributed by atoms with Crippen LogP contribution in [0.3, 0.4) is 0 Å². The summed E-state index contributed by atoms with van der Waals surface area (Å²) in [6.07, 6.45) is 1.32. The van der Waals surface area contributed by atoms with Gasteiger partial charge in [0.15, 0.2) is 0 Å². The topological polar surface area (TPSA) is 58.6 Å². The summed E-state index contributed by atoms with van der Waals surface area (Å²) in [7, 11) is 1.62. The van der Waals surface area contributed by atoms with E-state index in [4.69, 9.17) is 4.74 Å². The molecule has 0 aromatic heterocycles. The van der Waals surface area contributed by atoms with Crippen molar-refractivity contribution in [1.29, 1.82) is 0 Å². The van der Waals surface area contributed by atoms with Crippen LogP contribution in [-0.4, -0.2) is 35.9 Å². The molecule has 1 aliphatic rings. The summed E-state index contributed by atoms with van der Waals surface area (Å²) < 4.78 is 5.16. The number of hydrogen-bond donors (Lipinski definition) is 1. The first-order chi connectivity index (χ1) is 13.0. The van der Waals surface area contributed by atoms with Crippen molar-refractivity contribution in [3.05, 3.63) is 65.2 Å². The minimum absolute atomic E-state index is 0.0687. The number of nitrogens with zero attached hydrogens (tertiary/aromatic N) is 1. The van der Waals surface area contributed by atoms with Gasteiger partial charge in [0.25, 0.3) is 5.91 Å². The summed E-state index contributed by atoms with van der Waals surface area (Å²) in [5.41, 5.74) is 1.72. The summed E-state index contributed by atoms with van der Waals surface area (Å²) in [4.78, 5) is 27.9. The van der Waals surface area contributed by atoms with Crippen LogP contribution in [0.25, 0.3) is 0 Å². The minimum atomic E-state index is -0.895. The highest BCUT2D eigenvalue weighted by atomic mass is 16.5. The van der Waals surface area contributed by atoms with Gasteiger partial charge >= 0.3 is 0 Å². The third-order valence-corrected chi connectivity index (χ3v) is 5.17. The van der Waals surface area contributed by atoms with Crippen LogP contribution in [0.5, 0.6) is 5.75 Å². The van der Waals surface area contributed by atoms with Crippen LogP contribution in [0.15, 0.2) is 48.5 Å². The average molecular weight is 366 g/mol. The molecule has 3 rings (SSSR count). The molecule has 0 fully saturated rings. The molecule has 0 aliphatic carbocycles. The molecule has 142 valence electrons. The van der Waals surface area contributed by atoms with Crippen molar-refractivity contribution in [1.82, 2.24) is 10.2 Å². The smallest absolute Gasteiger partial charge is 0.255 e.